The Morgan fingerprint density at radius 1 is 1.12 bits per heavy atom. The summed E-state index contributed by atoms with van der Waals surface area (Å²) in [6, 6.07) is 16.9. The molecule has 1 aromatic heterocycles. The molecular formula is C19H18N2O3S. The Kier molecular flexibility index (Phi) is 6.88. The summed E-state index contributed by atoms with van der Waals surface area (Å²) in [5.41, 5.74) is 8.27. The van der Waals surface area contributed by atoms with Crippen LogP contribution in [0.2, 0.25) is 0 Å². The SMILES string of the molecule is Nc1csc(-c2ccccc2CO)n1.O=C(O)C=Cc1ccccc1. The smallest absolute Gasteiger partial charge is 0.328 e. The lowest BCUT2D eigenvalue weighted by atomic mass is 10.1. The standard InChI is InChI=1S/C10H10N2OS.C9H8O2/c11-9-6-14-10(12-9)8-4-2-1-3-7(8)5-13;10-9(11)7-6-8-4-2-1-3-5-8/h1-4,6,13H,5,11H2;1-7H,(H,10,11). The molecule has 0 unspecified atom stereocenters. The molecule has 25 heavy (non-hydrogen) atoms. The highest BCUT2D eigenvalue weighted by molar-refractivity contribution is 7.13. The van der Waals surface area contributed by atoms with Crippen molar-refractivity contribution in [1.29, 1.82) is 0 Å². The van der Waals surface area contributed by atoms with E-state index in [1.54, 1.807) is 11.5 Å². The van der Waals surface area contributed by atoms with Crippen molar-refractivity contribution in [2.45, 2.75) is 6.61 Å². The number of rotatable bonds is 4. The van der Waals surface area contributed by atoms with Gasteiger partial charge >= 0.3 is 5.97 Å². The van der Waals surface area contributed by atoms with Gasteiger partial charge in [0.25, 0.3) is 0 Å². The van der Waals surface area contributed by atoms with Crippen molar-refractivity contribution in [2.24, 2.45) is 0 Å². The minimum atomic E-state index is -0.922. The van der Waals surface area contributed by atoms with Gasteiger partial charge in [0.05, 0.1) is 6.61 Å². The normalized spacial score (nSPS) is 10.3. The van der Waals surface area contributed by atoms with Crippen LogP contribution in [0.1, 0.15) is 11.1 Å². The Labute approximate surface area is 149 Å². The first-order valence-electron chi connectivity index (χ1n) is 7.46. The molecule has 3 aromatic rings. The number of carbonyl (C=O) groups is 1. The Hall–Kier alpha value is -2.96. The van der Waals surface area contributed by atoms with Crippen molar-refractivity contribution in [3.8, 4) is 10.6 Å². The number of anilines is 1. The third-order valence-corrected chi connectivity index (χ3v) is 4.05. The van der Waals surface area contributed by atoms with Crippen molar-refractivity contribution in [2.75, 3.05) is 5.73 Å². The van der Waals surface area contributed by atoms with Gasteiger partial charge in [-0.1, -0.05) is 54.6 Å². The number of thiazole rings is 1. The highest BCUT2D eigenvalue weighted by Crippen LogP contribution is 2.27. The van der Waals surface area contributed by atoms with Gasteiger partial charge in [0.15, 0.2) is 0 Å². The second kappa shape index (κ2) is 9.36. The van der Waals surface area contributed by atoms with E-state index in [2.05, 4.69) is 4.98 Å². The number of aliphatic hydroxyl groups excluding tert-OH is 1. The van der Waals surface area contributed by atoms with Crippen LogP contribution in [0.5, 0.6) is 0 Å². The highest BCUT2D eigenvalue weighted by Gasteiger charge is 2.06. The van der Waals surface area contributed by atoms with Crippen LogP contribution < -0.4 is 5.73 Å². The number of benzene rings is 2. The maximum atomic E-state index is 10.1. The van der Waals surface area contributed by atoms with Crippen LogP contribution in [0.15, 0.2) is 66.1 Å². The molecule has 0 fully saturated rings. The van der Waals surface area contributed by atoms with E-state index < -0.39 is 5.97 Å². The van der Waals surface area contributed by atoms with Gasteiger partial charge in [-0.3, -0.25) is 0 Å². The van der Waals surface area contributed by atoms with Crippen LogP contribution in [-0.4, -0.2) is 21.2 Å². The predicted octanol–water partition coefficient (Wildman–Crippen LogP) is 3.67. The monoisotopic (exact) mass is 354 g/mol. The first-order valence-corrected chi connectivity index (χ1v) is 8.34. The molecule has 0 bridgehead atoms. The Morgan fingerprint density at radius 2 is 1.80 bits per heavy atom. The van der Waals surface area contributed by atoms with Gasteiger partial charge in [-0.25, -0.2) is 9.78 Å². The van der Waals surface area contributed by atoms with Crippen LogP contribution in [-0.2, 0) is 11.4 Å². The molecule has 0 saturated carbocycles. The molecule has 0 saturated heterocycles. The van der Waals surface area contributed by atoms with Gasteiger partial charge in [-0.15, -0.1) is 11.3 Å². The lowest BCUT2D eigenvalue weighted by molar-refractivity contribution is -0.131. The zero-order valence-electron chi connectivity index (χ0n) is 13.4. The van der Waals surface area contributed by atoms with Gasteiger partial charge in [-0.05, 0) is 17.2 Å². The summed E-state index contributed by atoms with van der Waals surface area (Å²) < 4.78 is 0. The minimum Gasteiger partial charge on any atom is -0.478 e. The zero-order valence-corrected chi connectivity index (χ0v) is 14.2. The van der Waals surface area contributed by atoms with E-state index in [9.17, 15) is 4.79 Å². The second-order valence-electron chi connectivity index (χ2n) is 4.98. The van der Waals surface area contributed by atoms with Gasteiger partial charge in [0.2, 0.25) is 0 Å². The summed E-state index contributed by atoms with van der Waals surface area (Å²) in [5.74, 6) is -0.397. The minimum absolute atomic E-state index is 0.0235. The molecule has 4 N–H and O–H groups in total. The molecule has 2 aromatic carbocycles. The van der Waals surface area contributed by atoms with Crippen LogP contribution in [0.4, 0.5) is 5.82 Å². The van der Waals surface area contributed by atoms with Gasteiger partial charge < -0.3 is 15.9 Å². The van der Waals surface area contributed by atoms with E-state index >= 15 is 0 Å². The average molecular weight is 354 g/mol. The fraction of sp³-hybridized carbons (Fsp3) is 0.0526. The number of aromatic nitrogens is 1. The number of nitrogen functional groups attached to an aromatic ring is 1. The van der Waals surface area contributed by atoms with Crippen molar-refractivity contribution in [3.05, 3.63) is 77.2 Å². The summed E-state index contributed by atoms with van der Waals surface area (Å²) in [5, 5.41) is 20.1. The lowest BCUT2D eigenvalue weighted by Crippen LogP contribution is -1.89. The van der Waals surface area contributed by atoms with Gasteiger partial charge in [0.1, 0.15) is 10.8 Å². The molecular weight excluding hydrogens is 336 g/mol. The number of aliphatic carboxylic acids is 1. The average Bonchev–Trinajstić information content (AvgIpc) is 3.07. The number of hydrogen-bond donors (Lipinski definition) is 3. The van der Waals surface area contributed by atoms with Crippen LogP contribution >= 0.6 is 11.3 Å². The Bertz CT molecular complexity index is 845. The number of carboxylic acids is 1. The first-order chi connectivity index (χ1) is 12.1. The summed E-state index contributed by atoms with van der Waals surface area (Å²) in [6.45, 7) is 0.0235. The van der Waals surface area contributed by atoms with E-state index in [4.69, 9.17) is 15.9 Å². The van der Waals surface area contributed by atoms with Crippen LogP contribution in [0.3, 0.4) is 0 Å². The van der Waals surface area contributed by atoms with Gasteiger partial charge in [-0.2, -0.15) is 0 Å². The molecule has 128 valence electrons. The van der Waals surface area contributed by atoms with Crippen LogP contribution in [0.25, 0.3) is 16.6 Å². The fourth-order valence-corrected chi connectivity index (χ4v) is 2.78. The van der Waals surface area contributed by atoms with Crippen molar-refractivity contribution < 1.29 is 15.0 Å². The van der Waals surface area contributed by atoms with E-state index in [1.165, 1.54) is 11.3 Å². The molecule has 1 heterocycles. The summed E-state index contributed by atoms with van der Waals surface area (Å²) in [7, 11) is 0. The van der Waals surface area contributed by atoms with Gasteiger partial charge in [0, 0.05) is 17.0 Å². The summed E-state index contributed by atoms with van der Waals surface area (Å²) in [4.78, 5) is 14.3. The molecule has 6 heteroatoms. The molecule has 0 atom stereocenters. The Morgan fingerprint density at radius 3 is 2.40 bits per heavy atom. The Balaban J connectivity index is 0.000000186. The van der Waals surface area contributed by atoms with E-state index in [1.807, 2.05) is 54.6 Å². The van der Waals surface area contributed by atoms with E-state index in [0.717, 1.165) is 27.8 Å². The lowest BCUT2D eigenvalue weighted by Gasteiger charge is -2.02. The topological polar surface area (TPSA) is 96.4 Å². The largest absolute Gasteiger partial charge is 0.478 e. The number of hydrogen-bond acceptors (Lipinski definition) is 5. The number of carboxylic acid groups (broad SMARTS) is 1. The third-order valence-electron chi connectivity index (χ3n) is 3.16. The molecule has 0 aliphatic heterocycles. The molecule has 0 amide bonds. The summed E-state index contributed by atoms with van der Waals surface area (Å²) in [6.07, 6.45) is 2.68. The van der Waals surface area contributed by atoms with Crippen molar-refractivity contribution >= 4 is 29.2 Å². The van der Waals surface area contributed by atoms with Crippen molar-refractivity contribution in [1.82, 2.24) is 4.98 Å². The molecule has 0 aliphatic carbocycles. The molecule has 0 aliphatic rings. The predicted molar refractivity (Wildman–Crippen MR) is 101 cm³/mol. The fourth-order valence-electron chi connectivity index (χ4n) is 2.01. The molecule has 5 nitrogen and oxygen atoms in total. The maximum absolute atomic E-state index is 10.1. The second-order valence-corrected chi connectivity index (χ2v) is 5.83. The molecule has 3 rings (SSSR count). The van der Waals surface area contributed by atoms with E-state index in [-0.39, 0.29) is 6.61 Å². The number of nitrogens with two attached hydrogens (primary N) is 1. The highest BCUT2D eigenvalue weighted by atomic mass is 32.1. The van der Waals surface area contributed by atoms with Crippen LogP contribution in [0, 0.1) is 0 Å². The quantitative estimate of drug-likeness (QED) is 0.621. The maximum Gasteiger partial charge on any atom is 0.328 e. The molecule has 0 radical (unpaired) electrons. The number of nitrogens with zero attached hydrogens (tertiary/aromatic N) is 1. The molecule has 0 spiro atoms. The first kappa shape index (κ1) is 18.4. The zero-order chi connectivity index (χ0) is 18.1. The number of aliphatic hydroxyl groups is 1. The van der Waals surface area contributed by atoms with Crippen molar-refractivity contribution in [3.63, 3.8) is 0 Å². The van der Waals surface area contributed by atoms with E-state index in [0.29, 0.717) is 5.82 Å². The third kappa shape index (κ3) is 5.87. The summed E-state index contributed by atoms with van der Waals surface area (Å²) >= 11 is 1.48.